The van der Waals surface area contributed by atoms with Crippen LogP contribution in [0.3, 0.4) is 0 Å². The van der Waals surface area contributed by atoms with Crippen molar-refractivity contribution in [2.24, 2.45) is 0 Å². The summed E-state index contributed by atoms with van der Waals surface area (Å²) in [6.07, 6.45) is 1.93. The Morgan fingerprint density at radius 1 is 0.979 bits per heavy atom. The number of urea groups is 1. The Bertz CT molecular complexity index is 1820. The van der Waals surface area contributed by atoms with Gasteiger partial charge in [0.15, 0.2) is 5.78 Å². The molecular weight excluding hydrogens is 748 g/mol. The number of nitrogens with zero attached hydrogens (tertiary/aromatic N) is 3. The minimum absolute atomic E-state index is 0.0813. The maximum Gasteiger partial charge on any atom is 0.337 e. The second kappa shape index (κ2) is 15.8. The van der Waals surface area contributed by atoms with Crippen molar-refractivity contribution in [3.8, 4) is 5.75 Å². The number of amides is 3. The van der Waals surface area contributed by atoms with Gasteiger partial charge in [-0.05, 0) is 54.4 Å². The summed E-state index contributed by atoms with van der Waals surface area (Å²) in [6, 6.07) is 20.0. The topological polar surface area (TPSA) is 154 Å². The number of aryl methyl sites for hydroxylation is 1. The van der Waals surface area contributed by atoms with Gasteiger partial charge in [0.05, 0.1) is 37.5 Å². The number of allylic oxidation sites excluding steroid dienone is 1. The van der Waals surface area contributed by atoms with Crippen molar-refractivity contribution in [3.05, 3.63) is 122 Å². The summed E-state index contributed by atoms with van der Waals surface area (Å²) >= 11 is 6.82. The molecule has 1 aliphatic heterocycles. The highest BCUT2D eigenvalue weighted by Gasteiger charge is 2.31. The number of methoxy groups -OCH3 is 1. The number of ether oxygens (including phenoxy) is 2. The van der Waals surface area contributed by atoms with Crippen molar-refractivity contribution in [1.29, 1.82) is 0 Å². The van der Waals surface area contributed by atoms with Crippen LogP contribution in [-0.2, 0) is 27.5 Å². The van der Waals surface area contributed by atoms with E-state index in [4.69, 9.17) is 9.47 Å². The molecule has 0 radical (unpaired) electrons. The van der Waals surface area contributed by atoms with E-state index in [1.807, 2.05) is 36.4 Å². The Kier molecular flexibility index (Phi) is 11.4. The van der Waals surface area contributed by atoms with Gasteiger partial charge in [-0.2, -0.15) is 0 Å². The molecule has 3 aromatic carbocycles. The van der Waals surface area contributed by atoms with Crippen LogP contribution < -0.4 is 20.7 Å². The van der Waals surface area contributed by atoms with Crippen LogP contribution in [0, 0.1) is 0 Å². The van der Waals surface area contributed by atoms with Gasteiger partial charge in [0.25, 0.3) is 0 Å². The fraction of sp³-hybridized carbons (Fsp3) is 0.235. The van der Waals surface area contributed by atoms with E-state index in [1.165, 1.54) is 7.11 Å². The maximum atomic E-state index is 13.0. The van der Waals surface area contributed by atoms with E-state index in [0.29, 0.717) is 33.8 Å². The van der Waals surface area contributed by atoms with Crippen LogP contribution >= 0.6 is 31.9 Å². The van der Waals surface area contributed by atoms with Crippen molar-refractivity contribution < 1.29 is 28.7 Å². The standard InChI is InChI=1S/C34H32Br2N6O6/c1-20-31(33(45)47-2)32(39-34(46)37-20)23-7-13-27(14-8-23)48-19-26-18-42(41-40-26)16-15-30(44)38-28(21-3-9-24(35)10-4-21)17-29(43)22-5-11-25(36)12-6-22/h3-14,18,28,32H,15-17,19H2,1-2H3,(H,38,44)(H2,37,39,46). The molecule has 12 nitrogen and oxygen atoms in total. The van der Waals surface area contributed by atoms with Crippen LogP contribution in [0.25, 0.3) is 0 Å². The number of hydrogen-bond acceptors (Lipinski definition) is 8. The summed E-state index contributed by atoms with van der Waals surface area (Å²) in [7, 11) is 1.29. The van der Waals surface area contributed by atoms with Crippen molar-refractivity contribution in [2.45, 2.75) is 45.0 Å². The molecule has 0 saturated heterocycles. The van der Waals surface area contributed by atoms with Crippen LogP contribution in [0.1, 0.15) is 59.0 Å². The molecule has 3 amide bonds. The molecule has 0 saturated carbocycles. The molecule has 5 rings (SSSR count). The maximum absolute atomic E-state index is 13.0. The number of halogens is 2. The van der Waals surface area contributed by atoms with Crippen molar-refractivity contribution >= 4 is 55.6 Å². The molecule has 2 unspecified atom stereocenters. The average molecular weight is 780 g/mol. The lowest BCUT2D eigenvalue weighted by atomic mass is 9.95. The first kappa shape index (κ1) is 34.5. The molecule has 48 heavy (non-hydrogen) atoms. The quantitative estimate of drug-likeness (QED) is 0.115. The Balaban J connectivity index is 1.15. The van der Waals surface area contributed by atoms with Gasteiger partial charge in [-0.25, -0.2) is 9.59 Å². The van der Waals surface area contributed by atoms with E-state index >= 15 is 0 Å². The predicted molar refractivity (Wildman–Crippen MR) is 183 cm³/mol. The summed E-state index contributed by atoms with van der Waals surface area (Å²) in [6.45, 7) is 2.05. The number of carbonyl (C=O) groups excluding carboxylic acids is 4. The lowest BCUT2D eigenvalue weighted by molar-refractivity contribution is -0.136. The van der Waals surface area contributed by atoms with Gasteiger partial charge in [-0.1, -0.05) is 73.5 Å². The summed E-state index contributed by atoms with van der Waals surface area (Å²) in [5, 5.41) is 16.6. The first-order valence-corrected chi connectivity index (χ1v) is 16.5. The van der Waals surface area contributed by atoms with Crippen LogP contribution in [-0.4, -0.2) is 45.8 Å². The van der Waals surface area contributed by atoms with Crippen molar-refractivity contribution in [1.82, 2.24) is 30.9 Å². The molecular formula is C34H32Br2N6O6. The molecule has 0 fully saturated rings. The van der Waals surface area contributed by atoms with E-state index in [2.05, 4.69) is 58.1 Å². The largest absolute Gasteiger partial charge is 0.487 e. The summed E-state index contributed by atoms with van der Waals surface area (Å²) in [4.78, 5) is 50.5. The van der Waals surface area contributed by atoms with Crippen LogP contribution in [0.4, 0.5) is 4.79 Å². The third-order valence-corrected chi connectivity index (χ3v) is 8.65. The highest BCUT2D eigenvalue weighted by atomic mass is 79.9. The highest BCUT2D eigenvalue weighted by molar-refractivity contribution is 9.10. The minimum Gasteiger partial charge on any atom is -0.487 e. The second-order valence-corrected chi connectivity index (χ2v) is 12.8. The summed E-state index contributed by atoms with van der Waals surface area (Å²) in [5.41, 5.74) is 3.37. The van der Waals surface area contributed by atoms with Crippen molar-refractivity contribution in [2.75, 3.05) is 7.11 Å². The molecule has 2 atom stereocenters. The molecule has 14 heteroatoms. The smallest absolute Gasteiger partial charge is 0.337 e. The number of benzene rings is 3. The zero-order valence-corrected chi connectivity index (χ0v) is 29.2. The van der Waals surface area contributed by atoms with Gasteiger partial charge >= 0.3 is 12.0 Å². The Morgan fingerprint density at radius 3 is 2.31 bits per heavy atom. The molecule has 0 aliphatic carbocycles. The Morgan fingerprint density at radius 2 is 1.65 bits per heavy atom. The number of rotatable bonds is 13. The fourth-order valence-electron chi connectivity index (χ4n) is 5.12. The van der Waals surface area contributed by atoms with Crippen LogP contribution in [0.2, 0.25) is 0 Å². The van der Waals surface area contributed by atoms with Gasteiger partial charge in [-0.15, -0.1) is 5.10 Å². The number of esters is 1. The fourth-order valence-corrected chi connectivity index (χ4v) is 5.65. The molecule has 4 aromatic rings. The van der Waals surface area contributed by atoms with E-state index in [1.54, 1.807) is 54.2 Å². The average Bonchev–Trinajstić information content (AvgIpc) is 3.54. The Hall–Kier alpha value is -4.82. The summed E-state index contributed by atoms with van der Waals surface area (Å²) < 4.78 is 14.1. The van der Waals surface area contributed by atoms with Gasteiger partial charge in [0, 0.05) is 33.0 Å². The molecule has 0 bridgehead atoms. The third-order valence-electron chi connectivity index (χ3n) is 7.59. The minimum atomic E-state index is -0.672. The number of nitrogens with one attached hydrogen (secondary N) is 3. The number of Topliss-reactive ketones (excluding diaryl/α,β-unsaturated/α-hetero) is 1. The normalized spacial score (nSPS) is 14.8. The lowest BCUT2D eigenvalue weighted by Crippen LogP contribution is -2.45. The zero-order valence-electron chi connectivity index (χ0n) is 26.0. The molecule has 248 valence electrons. The van der Waals surface area contributed by atoms with E-state index in [9.17, 15) is 19.2 Å². The molecule has 1 aromatic heterocycles. The summed E-state index contributed by atoms with van der Waals surface area (Å²) in [5.74, 6) is -0.306. The molecule has 0 spiro atoms. The molecule has 2 heterocycles. The first-order chi connectivity index (χ1) is 23.1. The SMILES string of the molecule is COC(=O)C1=C(C)NC(=O)NC1c1ccc(OCc2cn(CCC(=O)NC(CC(=O)c3ccc(Br)cc3)c3ccc(Br)cc3)nn2)cc1. The highest BCUT2D eigenvalue weighted by Crippen LogP contribution is 2.29. The van der Waals surface area contributed by atoms with Crippen LogP contribution in [0.5, 0.6) is 5.75 Å². The second-order valence-electron chi connectivity index (χ2n) is 10.9. The van der Waals surface area contributed by atoms with Crippen LogP contribution in [0.15, 0.2) is 99.2 Å². The Labute approximate surface area is 293 Å². The van der Waals surface area contributed by atoms with E-state index in [0.717, 1.165) is 14.5 Å². The molecule has 1 aliphatic rings. The monoisotopic (exact) mass is 778 g/mol. The number of carbonyl (C=O) groups is 4. The number of ketones is 1. The predicted octanol–water partition coefficient (Wildman–Crippen LogP) is 5.70. The third kappa shape index (κ3) is 8.95. The van der Waals surface area contributed by atoms with E-state index in [-0.39, 0.29) is 37.7 Å². The number of hydrogen-bond donors (Lipinski definition) is 3. The van der Waals surface area contributed by atoms with Gasteiger partial charge in [-0.3, -0.25) is 14.3 Å². The van der Waals surface area contributed by atoms with Gasteiger partial charge in [0.1, 0.15) is 18.1 Å². The first-order valence-electron chi connectivity index (χ1n) is 14.9. The van der Waals surface area contributed by atoms with Crippen molar-refractivity contribution in [3.63, 3.8) is 0 Å². The number of aromatic nitrogens is 3. The lowest BCUT2D eigenvalue weighted by Gasteiger charge is -2.27. The van der Waals surface area contributed by atoms with Gasteiger partial charge < -0.3 is 25.4 Å². The zero-order chi connectivity index (χ0) is 34.2. The molecule has 3 N–H and O–H groups in total. The van der Waals surface area contributed by atoms with Gasteiger partial charge in [0.2, 0.25) is 5.91 Å². The van der Waals surface area contributed by atoms with E-state index < -0.39 is 24.1 Å².